The minimum Gasteiger partial charge on any atom is -0.396 e. The molecule has 116 valence electrons. The first-order valence-corrected chi connectivity index (χ1v) is 7.23. The number of benzene rings is 1. The molecule has 0 heterocycles. The van der Waals surface area contributed by atoms with Crippen LogP contribution in [0.5, 0.6) is 0 Å². The summed E-state index contributed by atoms with van der Waals surface area (Å²) in [4.78, 5) is 23.2. The van der Waals surface area contributed by atoms with Crippen molar-refractivity contribution in [2.75, 3.05) is 18.5 Å². The monoisotopic (exact) mass is 292 g/mol. The highest BCUT2D eigenvalue weighted by molar-refractivity contribution is 5.96. The van der Waals surface area contributed by atoms with E-state index in [2.05, 4.69) is 10.6 Å². The van der Waals surface area contributed by atoms with Crippen LogP contribution in [0.25, 0.3) is 0 Å². The molecular weight excluding hydrogens is 268 g/mol. The zero-order valence-electron chi connectivity index (χ0n) is 12.9. The van der Waals surface area contributed by atoms with Crippen LogP contribution in [0.15, 0.2) is 24.3 Å². The first-order chi connectivity index (χ1) is 9.96. The number of hydrogen-bond donors (Lipinski definition) is 3. The Labute approximate surface area is 125 Å². The molecule has 0 atom stereocenters. The van der Waals surface area contributed by atoms with Gasteiger partial charge in [0, 0.05) is 30.1 Å². The predicted molar refractivity (Wildman–Crippen MR) is 83.2 cm³/mol. The van der Waals surface area contributed by atoms with Crippen LogP contribution in [-0.2, 0) is 4.79 Å². The Hall–Kier alpha value is -1.88. The van der Waals surface area contributed by atoms with Gasteiger partial charge >= 0.3 is 0 Å². The number of nitrogens with one attached hydrogen (secondary N) is 2. The highest BCUT2D eigenvalue weighted by Gasteiger charge is 2.25. The van der Waals surface area contributed by atoms with Crippen molar-refractivity contribution in [3.8, 4) is 0 Å². The Balaban J connectivity index is 2.73. The van der Waals surface area contributed by atoms with Crippen LogP contribution in [0, 0.1) is 5.41 Å². The standard InChI is InChI=1S/C16H24N2O3/c1-4-16(5-2,11-19)10-17-15(21)13-7-6-8-14(9-13)18-12(3)20/h6-9,19H,4-5,10-11H2,1-3H3,(H,17,21)(H,18,20). The van der Waals surface area contributed by atoms with Gasteiger partial charge in [-0.05, 0) is 31.0 Å². The van der Waals surface area contributed by atoms with Gasteiger partial charge in [-0.15, -0.1) is 0 Å². The third kappa shape index (κ3) is 4.86. The number of aliphatic hydroxyl groups excluding tert-OH is 1. The highest BCUT2D eigenvalue weighted by Crippen LogP contribution is 2.24. The highest BCUT2D eigenvalue weighted by atomic mass is 16.3. The molecule has 1 aromatic rings. The lowest BCUT2D eigenvalue weighted by atomic mass is 9.83. The Kier molecular flexibility index (Phi) is 6.37. The Morgan fingerprint density at radius 1 is 1.24 bits per heavy atom. The van der Waals surface area contributed by atoms with Gasteiger partial charge < -0.3 is 15.7 Å². The number of rotatable bonds is 7. The van der Waals surface area contributed by atoms with Gasteiger partial charge in [-0.25, -0.2) is 0 Å². The van der Waals surface area contributed by atoms with Crippen molar-refractivity contribution in [3.63, 3.8) is 0 Å². The quantitative estimate of drug-likeness (QED) is 0.720. The van der Waals surface area contributed by atoms with E-state index in [1.54, 1.807) is 24.3 Å². The van der Waals surface area contributed by atoms with E-state index in [9.17, 15) is 14.7 Å². The van der Waals surface area contributed by atoms with Crippen LogP contribution < -0.4 is 10.6 Å². The Bertz CT molecular complexity index is 488. The van der Waals surface area contributed by atoms with Crippen molar-refractivity contribution < 1.29 is 14.7 Å². The lowest BCUT2D eigenvalue weighted by Gasteiger charge is -2.29. The number of aliphatic hydroxyl groups is 1. The number of carbonyl (C=O) groups excluding carboxylic acids is 2. The van der Waals surface area contributed by atoms with Crippen LogP contribution >= 0.6 is 0 Å². The average molecular weight is 292 g/mol. The summed E-state index contributed by atoms with van der Waals surface area (Å²) < 4.78 is 0. The van der Waals surface area contributed by atoms with Crippen molar-refractivity contribution in [2.24, 2.45) is 5.41 Å². The van der Waals surface area contributed by atoms with E-state index >= 15 is 0 Å². The summed E-state index contributed by atoms with van der Waals surface area (Å²) in [6, 6.07) is 6.78. The molecule has 5 heteroatoms. The topological polar surface area (TPSA) is 78.4 Å². The van der Waals surface area contributed by atoms with Crippen molar-refractivity contribution in [1.29, 1.82) is 0 Å². The van der Waals surface area contributed by atoms with Gasteiger partial charge in [0.05, 0.1) is 6.61 Å². The third-order valence-electron chi connectivity index (χ3n) is 3.90. The van der Waals surface area contributed by atoms with E-state index in [0.717, 1.165) is 12.8 Å². The van der Waals surface area contributed by atoms with Gasteiger partial charge in [0.2, 0.25) is 5.91 Å². The average Bonchev–Trinajstić information content (AvgIpc) is 2.48. The molecule has 21 heavy (non-hydrogen) atoms. The smallest absolute Gasteiger partial charge is 0.251 e. The summed E-state index contributed by atoms with van der Waals surface area (Å²) in [5.74, 6) is -0.384. The molecule has 0 spiro atoms. The van der Waals surface area contributed by atoms with Crippen molar-refractivity contribution in [1.82, 2.24) is 5.32 Å². The normalized spacial score (nSPS) is 11.0. The molecule has 0 fully saturated rings. The van der Waals surface area contributed by atoms with E-state index in [1.165, 1.54) is 6.92 Å². The van der Waals surface area contributed by atoms with E-state index in [4.69, 9.17) is 0 Å². The maximum Gasteiger partial charge on any atom is 0.251 e. The molecule has 2 amide bonds. The molecule has 0 unspecified atom stereocenters. The van der Waals surface area contributed by atoms with Gasteiger partial charge in [0.25, 0.3) is 5.91 Å². The SMILES string of the molecule is CCC(CC)(CO)CNC(=O)c1cccc(NC(C)=O)c1. The minimum absolute atomic E-state index is 0.0478. The van der Waals surface area contributed by atoms with E-state index in [-0.39, 0.29) is 23.8 Å². The van der Waals surface area contributed by atoms with E-state index in [0.29, 0.717) is 17.8 Å². The number of carbonyl (C=O) groups is 2. The molecule has 0 aliphatic rings. The lowest BCUT2D eigenvalue weighted by molar-refractivity contribution is -0.114. The molecule has 0 aliphatic heterocycles. The van der Waals surface area contributed by atoms with Crippen LogP contribution in [0.3, 0.4) is 0 Å². The number of hydrogen-bond acceptors (Lipinski definition) is 3. The van der Waals surface area contributed by atoms with Gasteiger partial charge in [0.15, 0.2) is 0 Å². The minimum atomic E-state index is -0.273. The fourth-order valence-electron chi connectivity index (χ4n) is 2.09. The summed E-state index contributed by atoms with van der Waals surface area (Å²) in [6.45, 7) is 5.91. The molecular formula is C16H24N2O3. The maximum atomic E-state index is 12.2. The number of anilines is 1. The van der Waals surface area contributed by atoms with E-state index < -0.39 is 0 Å². The second-order valence-electron chi connectivity index (χ2n) is 5.31. The van der Waals surface area contributed by atoms with Crippen molar-refractivity contribution in [2.45, 2.75) is 33.6 Å². The summed E-state index contributed by atoms with van der Waals surface area (Å²) in [7, 11) is 0. The molecule has 0 aliphatic carbocycles. The first kappa shape index (κ1) is 17.2. The van der Waals surface area contributed by atoms with Crippen molar-refractivity contribution >= 4 is 17.5 Å². The number of amides is 2. The zero-order chi connectivity index (χ0) is 15.9. The third-order valence-corrected chi connectivity index (χ3v) is 3.90. The summed E-state index contributed by atoms with van der Waals surface area (Å²) in [5, 5.41) is 15.0. The summed E-state index contributed by atoms with van der Waals surface area (Å²) >= 11 is 0. The lowest BCUT2D eigenvalue weighted by Crippen LogP contribution is -2.39. The van der Waals surface area contributed by atoms with Crippen molar-refractivity contribution in [3.05, 3.63) is 29.8 Å². The molecule has 0 aromatic heterocycles. The fraction of sp³-hybridized carbons (Fsp3) is 0.500. The largest absolute Gasteiger partial charge is 0.396 e. The zero-order valence-corrected chi connectivity index (χ0v) is 12.9. The molecule has 0 bridgehead atoms. The molecule has 1 aromatic carbocycles. The van der Waals surface area contributed by atoms with Crippen LogP contribution in [-0.4, -0.2) is 30.1 Å². The molecule has 1 rings (SSSR count). The van der Waals surface area contributed by atoms with Gasteiger partial charge in [-0.3, -0.25) is 9.59 Å². The van der Waals surface area contributed by atoms with Crippen LogP contribution in [0.2, 0.25) is 0 Å². The second-order valence-corrected chi connectivity index (χ2v) is 5.31. The molecule has 5 nitrogen and oxygen atoms in total. The molecule has 0 saturated carbocycles. The summed E-state index contributed by atoms with van der Waals surface area (Å²) in [5.41, 5.74) is 0.806. The predicted octanol–water partition coefficient (Wildman–Crippen LogP) is 2.17. The Morgan fingerprint density at radius 2 is 1.90 bits per heavy atom. The second kappa shape index (κ2) is 7.78. The van der Waals surface area contributed by atoms with Gasteiger partial charge in [-0.1, -0.05) is 19.9 Å². The van der Waals surface area contributed by atoms with Gasteiger partial charge in [0.1, 0.15) is 0 Å². The van der Waals surface area contributed by atoms with Crippen LogP contribution in [0.4, 0.5) is 5.69 Å². The van der Waals surface area contributed by atoms with Gasteiger partial charge in [-0.2, -0.15) is 0 Å². The Morgan fingerprint density at radius 3 is 2.43 bits per heavy atom. The summed E-state index contributed by atoms with van der Waals surface area (Å²) in [6.07, 6.45) is 1.60. The molecule has 0 radical (unpaired) electrons. The van der Waals surface area contributed by atoms with E-state index in [1.807, 2.05) is 13.8 Å². The molecule has 0 saturated heterocycles. The molecule has 3 N–H and O–H groups in total. The fourth-order valence-corrected chi connectivity index (χ4v) is 2.09. The van der Waals surface area contributed by atoms with Crippen LogP contribution in [0.1, 0.15) is 44.0 Å². The first-order valence-electron chi connectivity index (χ1n) is 7.23. The maximum absolute atomic E-state index is 12.2.